The van der Waals surface area contributed by atoms with Gasteiger partial charge in [-0.05, 0) is 18.2 Å². The Kier molecular flexibility index (Phi) is 4.59. The first-order valence-corrected chi connectivity index (χ1v) is 6.42. The molecule has 2 aromatic rings. The van der Waals surface area contributed by atoms with Crippen LogP contribution in [0.2, 0.25) is 0 Å². The lowest BCUT2D eigenvalue weighted by Crippen LogP contribution is -2.29. The summed E-state index contributed by atoms with van der Waals surface area (Å²) in [6.07, 6.45) is -0.189. The number of amides is 1. The maximum absolute atomic E-state index is 12.7. The van der Waals surface area contributed by atoms with Gasteiger partial charge in [0.05, 0.1) is 5.69 Å². The fourth-order valence-electron chi connectivity index (χ4n) is 1.88. The van der Waals surface area contributed by atoms with Gasteiger partial charge < -0.3 is 9.80 Å². The Morgan fingerprint density at radius 3 is 2.55 bits per heavy atom. The summed E-state index contributed by atoms with van der Waals surface area (Å²) >= 11 is 0. The first-order valence-electron chi connectivity index (χ1n) is 6.42. The summed E-state index contributed by atoms with van der Waals surface area (Å²) in [5.41, 5.74) is -0.0261. The minimum absolute atomic E-state index is 0.0960. The maximum atomic E-state index is 12.7. The van der Waals surface area contributed by atoms with Gasteiger partial charge in [0, 0.05) is 27.3 Å². The van der Waals surface area contributed by atoms with E-state index in [1.54, 1.807) is 37.3 Å². The van der Waals surface area contributed by atoms with Crippen LogP contribution in [0.1, 0.15) is 22.6 Å². The van der Waals surface area contributed by atoms with Gasteiger partial charge in [-0.1, -0.05) is 0 Å². The lowest BCUT2D eigenvalue weighted by atomic mass is 10.2. The lowest BCUT2D eigenvalue weighted by molar-refractivity contribution is 0.0987. The van der Waals surface area contributed by atoms with Crippen molar-refractivity contribution in [1.82, 2.24) is 15.0 Å². The number of halogens is 2. The van der Waals surface area contributed by atoms with Crippen LogP contribution < -0.4 is 9.80 Å². The first-order chi connectivity index (χ1) is 10.4. The second kappa shape index (κ2) is 6.42. The first kappa shape index (κ1) is 15.7. The number of rotatable bonds is 4. The molecule has 0 aliphatic carbocycles. The molecule has 0 saturated carbocycles. The molecule has 116 valence electrons. The van der Waals surface area contributed by atoms with Gasteiger partial charge in [-0.3, -0.25) is 4.79 Å². The molecule has 0 aliphatic rings. The van der Waals surface area contributed by atoms with Gasteiger partial charge >= 0.3 is 0 Å². The van der Waals surface area contributed by atoms with Crippen molar-refractivity contribution in [2.24, 2.45) is 0 Å². The number of carbonyl (C=O) groups is 1. The van der Waals surface area contributed by atoms with E-state index in [1.807, 2.05) is 0 Å². The molecule has 2 aromatic heterocycles. The number of aromatic nitrogens is 3. The highest BCUT2D eigenvalue weighted by Gasteiger charge is 2.21. The summed E-state index contributed by atoms with van der Waals surface area (Å²) in [6.45, 7) is 0. The van der Waals surface area contributed by atoms with Crippen molar-refractivity contribution >= 4 is 17.4 Å². The van der Waals surface area contributed by atoms with Gasteiger partial charge in [-0.15, -0.1) is 0 Å². The summed E-state index contributed by atoms with van der Waals surface area (Å²) < 4.78 is 25.3. The molecule has 0 N–H and O–H groups in total. The third-order valence-corrected chi connectivity index (χ3v) is 2.99. The van der Waals surface area contributed by atoms with E-state index in [0.717, 1.165) is 12.4 Å². The minimum atomic E-state index is -2.75. The Hall–Kier alpha value is -2.64. The van der Waals surface area contributed by atoms with E-state index < -0.39 is 18.0 Å². The van der Waals surface area contributed by atoms with Crippen molar-refractivity contribution in [2.45, 2.75) is 6.43 Å². The van der Waals surface area contributed by atoms with Crippen LogP contribution in [-0.4, -0.2) is 42.0 Å². The maximum Gasteiger partial charge on any atom is 0.280 e. The second-order valence-corrected chi connectivity index (χ2v) is 4.73. The molecule has 0 unspecified atom stereocenters. The van der Waals surface area contributed by atoms with Crippen LogP contribution in [0.5, 0.6) is 0 Å². The van der Waals surface area contributed by atoms with Gasteiger partial charge in [0.15, 0.2) is 5.82 Å². The Morgan fingerprint density at radius 2 is 1.91 bits per heavy atom. The smallest absolute Gasteiger partial charge is 0.280 e. The van der Waals surface area contributed by atoms with Gasteiger partial charge in [-0.25, -0.2) is 23.7 Å². The van der Waals surface area contributed by atoms with Crippen molar-refractivity contribution in [3.8, 4) is 0 Å². The predicted octanol–water partition coefficient (Wildman–Crippen LogP) is 2.15. The van der Waals surface area contributed by atoms with Gasteiger partial charge in [0.25, 0.3) is 12.3 Å². The van der Waals surface area contributed by atoms with E-state index in [2.05, 4.69) is 15.0 Å². The van der Waals surface area contributed by atoms with E-state index in [9.17, 15) is 13.6 Å². The molecule has 1 amide bonds. The zero-order valence-electron chi connectivity index (χ0n) is 12.4. The Bertz CT molecular complexity index is 678. The largest absolute Gasteiger partial charge is 0.361 e. The molecule has 6 nitrogen and oxygen atoms in total. The molecule has 22 heavy (non-hydrogen) atoms. The molecule has 0 fully saturated rings. The Balaban J connectivity index is 2.36. The van der Waals surface area contributed by atoms with Crippen LogP contribution in [0.3, 0.4) is 0 Å². The summed E-state index contributed by atoms with van der Waals surface area (Å²) in [5, 5.41) is 0. The molecular formula is C14H15F2N5O. The highest BCUT2D eigenvalue weighted by Crippen LogP contribution is 2.25. The molecule has 0 aliphatic heterocycles. The normalized spacial score (nSPS) is 10.6. The van der Waals surface area contributed by atoms with Crippen molar-refractivity contribution in [3.63, 3.8) is 0 Å². The number of nitrogens with zero attached hydrogens (tertiary/aromatic N) is 5. The SMILES string of the molecule is CN(C)c1ncccc1N(C)C(=O)c1cc(C(F)F)ncn1. The summed E-state index contributed by atoms with van der Waals surface area (Å²) in [7, 11) is 5.13. The fourth-order valence-corrected chi connectivity index (χ4v) is 1.88. The molecule has 0 spiro atoms. The predicted molar refractivity (Wildman–Crippen MR) is 78.3 cm³/mol. The number of hydrogen-bond acceptors (Lipinski definition) is 5. The Morgan fingerprint density at radius 1 is 1.18 bits per heavy atom. The van der Waals surface area contributed by atoms with Crippen LogP contribution in [-0.2, 0) is 0 Å². The minimum Gasteiger partial charge on any atom is -0.361 e. The van der Waals surface area contributed by atoms with E-state index in [1.165, 1.54) is 11.9 Å². The van der Waals surface area contributed by atoms with Crippen LogP contribution >= 0.6 is 0 Å². The van der Waals surface area contributed by atoms with E-state index in [4.69, 9.17) is 0 Å². The Labute approximate surface area is 126 Å². The standard InChI is InChI=1S/C14H15F2N5O/c1-20(2)13-11(5-4-6-17-13)21(3)14(22)10-7-9(12(15)16)18-8-19-10/h4-8,12H,1-3H3. The molecular weight excluding hydrogens is 292 g/mol. The number of pyridine rings is 1. The highest BCUT2D eigenvalue weighted by molar-refractivity contribution is 6.05. The van der Waals surface area contributed by atoms with Gasteiger partial charge in [-0.2, -0.15) is 0 Å². The molecule has 0 aromatic carbocycles. The summed E-state index contributed by atoms with van der Waals surface area (Å²) in [5.74, 6) is 0.0712. The van der Waals surface area contributed by atoms with Crippen molar-refractivity contribution < 1.29 is 13.6 Å². The van der Waals surface area contributed by atoms with Crippen molar-refractivity contribution in [3.05, 3.63) is 42.1 Å². The summed E-state index contributed by atoms with van der Waals surface area (Å²) in [6, 6.07) is 4.40. The van der Waals surface area contributed by atoms with Crippen LogP contribution in [0.4, 0.5) is 20.3 Å². The van der Waals surface area contributed by atoms with Crippen molar-refractivity contribution in [2.75, 3.05) is 30.9 Å². The number of hydrogen-bond donors (Lipinski definition) is 0. The number of alkyl halides is 2. The van der Waals surface area contributed by atoms with Crippen LogP contribution in [0, 0.1) is 0 Å². The van der Waals surface area contributed by atoms with E-state index in [0.29, 0.717) is 11.5 Å². The van der Waals surface area contributed by atoms with Crippen LogP contribution in [0.25, 0.3) is 0 Å². The van der Waals surface area contributed by atoms with Gasteiger partial charge in [0.2, 0.25) is 0 Å². The highest BCUT2D eigenvalue weighted by atomic mass is 19.3. The number of carbonyl (C=O) groups excluding carboxylic acids is 1. The molecule has 0 atom stereocenters. The monoisotopic (exact) mass is 307 g/mol. The third kappa shape index (κ3) is 3.16. The second-order valence-electron chi connectivity index (χ2n) is 4.73. The zero-order valence-corrected chi connectivity index (χ0v) is 12.4. The molecule has 2 rings (SSSR count). The summed E-state index contributed by atoms with van der Waals surface area (Å²) in [4.78, 5) is 26.9. The quantitative estimate of drug-likeness (QED) is 0.866. The van der Waals surface area contributed by atoms with E-state index >= 15 is 0 Å². The average molecular weight is 307 g/mol. The zero-order chi connectivity index (χ0) is 16.3. The molecule has 8 heteroatoms. The average Bonchev–Trinajstić information content (AvgIpc) is 2.53. The fraction of sp³-hybridized carbons (Fsp3) is 0.286. The third-order valence-electron chi connectivity index (χ3n) is 2.99. The van der Waals surface area contributed by atoms with Crippen LogP contribution in [0.15, 0.2) is 30.7 Å². The molecule has 0 radical (unpaired) electrons. The van der Waals surface area contributed by atoms with Gasteiger partial charge in [0.1, 0.15) is 17.7 Å². The van der Waals surface area contributed by atoms with Crippen molar-refractivity contribution in [1.29, 1.82) is 0 Å². The number of anilines is 2. The van der Waals surface area contributed by atoms with E-state index in [-0.39, 0.29) is 5.69 Å². The molecule has 0 bridgehead atoms. The molecule has 0 saturated heterocycles. The topological polar surface area (TPSA) is 62.2 Å². The molecule has 2 heterocycles. The lowest BCUT2D eigenvalue weighted by Gasteiger charge is -2.22.